The van der Waals surface area contributed by atoms with Crippen LogP contribution in [0.4, 0.5) is 0 Å². The van der Waals surface area contributed by atoms with E-state index >= 15 is 0 Å². The van der Waals surface area contributed by atoms with Crippen molar-refractivity contribution < 1.29 is 9.53 Å². The molecule has 8 heteroatoms. The molecule has 4 rings (SSSR count). The number of carbonyl (C=O) groups excluding carboxylic acids is 1. The van der Waals surface area contributed by atoms with E-state index in [1.807, 2.05) is 55.5 Å². The number of carbonyl (C=O) groups is 1. The number of amides is 1. The SMILES string of the molecule is COc1ccccc1CNC(=O)CCn1cnc2c(cnn2-c2ccc(C)cc2)c1=O. The molecule has 0 atom stereocenters. The van der Waals surface area contributed by atoms with E-state index in [4.69, 9.17) is 4.74 Å². The molecule has 0 aliphatic rings. The van der Waals surface area contributed by atoms with Gasteiger partial charge in [-0.3, -0.25) is 14.2 Å². The second-order valence-electron chi connectivity index (χ2n) is 7.21. The van der Waals surface area contributed by atoms with Gasteiger partial charge >= 0.3 is 0 Å². The predicted octanol–water partition coefficient (Wildman–Crippen LogP) is 2.61. The van der Waals surface area contributed by atoms with Crippen molar-refractivity contribution in [1.29, 1.82) is 0 Å². The van der Waals surface area contributed by atoms with Crippen LogP contribution < -0.4 is 15.6 Å². The van der Waals surface area contributed by atoms with Crippen LogP contribution in [0, 0.1) is 6.92 Å². The number of para-hydroxylation sites is 1. The Labute approximate surface area is 179 Å². The minimum atomic E-state index is -0.221. The summed E-state index contributed by atoms with van der Waals surface area (Å²) in [5, 5.41) is 7.60. The lowest BCUT2D eigenvalue weighted by atomic mass is 10.2. The Morgan fingerprint density at radius 2 is 1.90 bits per heavy atom. The van der Waals surface area contributed by atoms with Crippen LogP contribution >= 0.6 is 0 Å². The van der Waals surface area contributed by atoms with Gasteiger partial charge in [0, 0.05) is 25.1 Å². The van der Waals surface area contributed by atoms with Gasteiger partial charge < -0.3 is 10.1 Å². The van der Waals surface area contributed by atoms with Crippen LogP contribution in [0.3, 0.4) is 0 Å². The Hall–Kier alpha value is -3.94. The maximum atomic E-state index is 12.8. The van der Waals surface area contributed by atoms with Gasteiger partial charge in [0.1, 0.15) is 11.1 Å². The van der Waals surface area contributed by atoms with Crippen LogP contribution in [0.2, 0.25) is 0 Å². The number of nitrogens with zero attached hydrogens (tertiary/aromatic N) is 4. The van der Waals surface area contributed by atoms with Gasteiger partial charge in [-0.15, -0.1) is 0 Å². The molecule has 1 amide bonds. The van der Waals surface area contributed by atoms with Crippen molar-refractivity contribution >= 4 is 16.9 Å². The van der Waals surface area contributed by atoms with Gasteiger partial charge in [0.25, 0.3) is 5.56 Å². The second-order valence-corrected chi connectivity index (χ2v) is 7.21. The van der Waals surface area contributed by atoms with Gasteiger partial charge in [0.15, 0.2) is 5.65 Å². The third-order valence-corrected chi connectivity index (χ3v) is 5.08. The summed E-state index contributed by atoms with van der Waals surface area (Å²) in [6.45, 7) is 2.60. The lowest BCUT2D eigenvalue weighted by Gasteiger charge is -2.10. The molecule has 0 unspecified atom stereocenters. The van der Waals surface area contributed by atoms with Crippen molar-refractivity contribution in [2.75, 3.05) is 7.11 Å². The Morgan fingerprint density at radius 1 is 1.13 bits per heavy atom. The molecule has 2 aromatic heterocycles. The highest BCUT2D eigenvalue weighted by Crippen LogP contribution is 2.17. The second kappa shape index (κ2) is 8.83. The van der Waals surface area contributed by atoms with Gasteiger partial charge in [-0.1, -0.05) is 35.9 Å². The largest absolute Gasteiger partial charge is 0.496 e. The summed E-state index contributed by atoms with van der Waals surface area (Å²) in [7, 11) is 1.59. The minimum absolute atomic E-state index is 0.159. The quantitative estimate of drug-likeness (QED) is 0.499. The maximum Gasteiger partial charge on any atom is 0.264 e. The number of methoxy groups -OCH3 is 1. The number of hydrogen-bond donors (Lipinski definition) is 1. The summed E-state index contributed by atoms with van der Waals surface area (Å²) in [5.74, 6) is 0.563. The Kier molecular flexibility index (Phi) is 5.79. The third kappa shape index (κ3) is 4.32. The molecule has 0 saturated heterocycles. The van der Waals surface area contributed by atoms with Gasteiger partial charge in [-0.25, -0.2) is 9.67 Å². The summed E-state index contributed by atoms with van der Waals surface area (Å²) < 4.78 is 8.37. The Morgan fingerprint density at radius 3 is 2.68 bits per heavy atom. The molecule has 0 fully saturated rings. The van der Waals surface area contributed by atoms with E-state index in [0.717, 1.165) is 22.6 Å². The van der Waals surface area contributed by atoms with Crippen molar-refractivity contribution in [1.82, 2.24) is 24.6 Å². The summed E-state index contributed by atoms with van der Waals surface area (Å²) in [5.41, 5.74) is 3.13. The number of benzene rings is 2. The molecule has 4 aromatic rings. The molecule has 158 valence electrons. The van der Waals surface area contributed by atoms with Gasteiger partial charge in [-0.2, -0.15) is 5.10 Å². The standard InChI is InChI=1S/C23H23N5O3/c1-16-7-9-18(10-8-16)28-22-19(14-26-28)23(30)27(15-25-22)12-11-21(29)24-13-17-5-3-4-6-20(17)31-2/h3-10,14-15H,11-13H2,1-2H3,(H,24,29). The first-order valence-corrected chi connectivity index (χ1v) is 9.95. The van der Waals surface area contributed by atoms with Crippen LogP contribution in [0.25, 0.3) is 16.7 Å². The molecule has 31 heavy (non-hydrogen) atoms. The molecule has 8 nitrogen and oxygen atoms in total. The number of fused-ring (bicyclic) bond motifs is 1. The van der Waals surface area contributed by atoms with Crippen molar-refractivity contribution in [3.05, 3.63) is 82.5 Å². The number of ether oxygens (including phenoxy) is 1. The van der Waals surface area contributed by atoms with E-state index in [1.165, 1.54) is 17.1 Å². The summed E-state index contributed by atoms with van der Waals surface area (Å²) in [6.07, 6.45) is 3.14. The highest BCUT2D eigenvalue weighted by atomic mass is 16.5. The molecule has 0 saturated carbocycles. The lowest BCUT2D eigenvalue weighted by Crippen LogP contribution is -2.27. The summed E-state index contributed by atoms with van der Waals surface area (Å²) in [6, 6.07) is 15.3. The van der Waals surface area contributed by atoms with E-state index < -0.39 is 0 Å². The average molecular weight is 417 g/mol. The van der Waals surface area contributed by atoms with Crippen molar-refractivity contribution in [2.24, 2.45) is 0 Å². The number of rotatable bonds is 7. The van der Waals surface area contributed by atoms with Crippen LogP contribution in [-0.4, -0.2) is 32.3 Å². The molecule has 1 N–H and O–H groups in total. The van der Waals surface area contributed by atoms with Crippen molar-refractivity contribution in [3.63, 3.8) is 0 Å². The molecule has 2 aromatic carbocycles. The van der Waals surface area contributed by atoms with E-state index in [-0.39, 0.29) is 24.4 Å². The number of aromatic nitrogens is 4. The normalized spacial score (nSPS) is 10.9. The number of hydrogen-bond acceptors (Lipinski definition) is 5. The van der Waals surface area contributed by atoms with Gasteiger partial charge in [-0.05, 0) is 25.1 Å². The third-order valence-electron chi connectivity index (χ3n) is 5.08. The van der Waals surface area contributed by atoms with Crippen LogP contribution in [0.5, 0.6) is 5.75 Å². The van der Waals surface area contributed by atoms with Gasteiger partial charge in [0.05, 0.1) is 25.3 Å². The zero-order valence-electron chi connectivity index (χ0n) is 17.4. The number of aryl methyl sites for hydroxylation is 2. The molecule has 0 bridgehead atoms. The van der Waals surface area contributed by atoms with E-state index in [2.05, 4.69) is 15.4 Å². The number of nitrogens with one attached hydrogen (secondary N) is 1. The molecule has 0 radical (unpaired) electrons. The monoisotopic (exact) mass is 417 g/mol. The lowest BCUT2D eigenvalue weighted by molar-refractivity contribution is -0.121. The zero-order valence-corrected chi connectivity index (χ0v) is 17.4. The van der Waals surface area contributed by atoms with E-state index in [1.54, 1.807) is 11.8 Å². The fraction of sp³-hybridized carbons (Fsp3) is 0.217. The fourth-order valence-corrected chi connectivity index (χ4v) is 3.34. The Balaban J connectivity index is 1.44. The maximum absolute atomic E-state index is 12.8. The Bertz CT molecular complexity index is 1270. The first-order valence-electron chi connectivity index (χ1n) is 9.95. The molecule has 2 heterocycles. The first kappa shape index (κ1) is 20.3. The molecule has 0 spiro atoms. The van der Waals surface area contributed by atoms with E-state index in [9.17, 15) is 9.59 Å². The van der Waals surface area contributed by atoms with Gasteiger partial charge in [0.2, 0.25) is 5.91 Å². The van der Waals surface area contributed by atoms with Crippen molar-refractivity contribution in [3.8, 4) is 11.4 Å². The molecular weight excluding hydrogens is 394 g/mol. The zero-order chi connectivity index (χ0) is 21.8. The average Bonchev–Trinajstić information content (AvgIpc) is 3.23. The molecule has 0 aliphatic heterocycles. The van der Waals surface area contributed by atoms with Crippen LogP contribution in [0.15, 0.2) is 65.8 Å². The fourth-order valence-electron chi connectivity index (χ4n) is 3.34. The van der Waals surface area contributed by atoms with Crippen LogP contribution in [0.1, 0.15) is 17.5 Å². The van der Waals surface area contributed by atoms with Crippen LogP contribution in [-0.2, 0) is 17.9 Å². The smallest absolute Gasteiger partial charge is 0.264 e. The summed E-state index contributed by atoms with van der Waals surface area (Å²) in [4.78, 5) is 29.5. The topological polar surface area (TPSA) is 91.0 Å². The first-order chi connectivity index (χ1) is 15.1. The predicted molar refractivity (Wildman–Crippen MR) is 117 cm³/mol. The molecular formula is C23H23N5O3. The highest BCUT2D eigenvalue weighted by Gasteiger charge is 2.12. The van der Waals surface area contributed by atoms with E-state index in [0.29, 0.717) is 17.6 Å². The summed E-state index contributed by atoms with van der Waals surface area (Å²) >= 11 is 0. The van der Waals surface area contributed by atoms with Crippen molar-refractivity contribution in [2.45, 2.75) is 26.4 Å². The highest BCUT2D eigenvalue weighted by molar-refractivity contribution is 5.76. The minimum Gasteiger partial charge on any atom is -0.496 e. The molecule has 0 aliphatic carbocycles.